The van der Waals surface area contributed by atoms with Gasteiger partial charge in [0, 0.05) is 11.4 Å². The minimum absolute atomic E-state index is 0.0519. The summed E-state index contributed by atoms with van der Waals surface area (Å²) in [7, 11) is 0. The molecule has 4 rings (SSSR count). The van der Waals surface area contributed by atoms with Gasteiger partial charge in [0.1, 0.15) is 12.1 Å². The van der Waals surface area contributed by atoms with E-state index < -0.39 is 5.54 Å². The molecule has 2 amide bonds. The van der Waals surface area contributed by atoms with Crippen molar-refractivity contribution in [2.45, 2.75) is 18.4 Å². The van der Waals surface area contributed by atoms with Gasteiger partial charge in [-0.1, -0.05) is 36.4 Å². The Hall–Kier alpha value is -2.86. The summed E-state index contributed by atoms with van der Waals surface area (Å²) < 4.78 is 0. The molecule has 0 bridgehead atoms. The van der Waals surface area contributed by atoms with E-state index in [0.717, 1.165) is 37.3 Å². The Bertz CT molecular complexity index is 803. The molecule has 0 aromatic heterocycles. The number of anilines is 2. The van der Waals surface area contributed by atoms with Gasteiger partial charge in [0.05, 0.1) is 6.67 Å². The van der Waals surface area contributed by atoms with Crippen LogP contribution in [0.25, 0.3) is 0 Å². The minimum atomic E-state index is -0.556. The molecule has 140 valence electrons. The van der Waals surface area contributed by atoms with Crippen LogP contribution >= 0.6 is 0 Å². The third-order valence-electron chi connectivity index (χ3n) is 5.40. The summed E-state index contributed by atoms with van der Waals surface area (Å²) in [5.74, 6) is -0.121. The number of amides is 2. The fourth-order valence-electron chi connectivity index (χ4n) is 4.06. The van der Waals surface area contributed by atoms with Crippen molar-refractivity contribution in [3.8, 4) is 0 Å². The van der Waals surface area contributed by atoms with E-state index in [9.17, 15) is 9.59 Å². The number of hydrogen-bond donors (Lipinski definition) is 2. The van der Waals surface area contributed by atoms with Gasteiger partial charge in [0.2, 0.25) is 11.8 Å². The number of carbonyl (C=O) groups is 2. The topological polar surface area (TPSA) is 64.7 Å². The van der Waals surface area contributed by atoms with Gasteiger partial charge < -0.3 is 20.4 Å². The van der Waals surface area contributed by atoms with E-state index >= 15 is 0 Å². The Morgan fingerprint density at radius 1 is 1.00 bits per heavy atom. The van der Waals surface area contributed by atoms with Crippen LogP contribution in [0.4, 0.5) is 11.4 Å². The van der Waals surface area contributed by atoms with Crippen LogP contribution in [0.3, 0.4) is 0 Å². The van der Waals surface area contributed by atoms with Crippen molar-refractivity contribution < 1.29 is 9.59 Å². The number of nitrogens with zero attached hydrogens (tertiary/aromatic N) is 2. The van der Waals surface area contributed by atoms with Crippen molar-refractivity contribution in [3.63, 3.8) is 0 Å². The smallest absolute Gasteiger partial charge is 0.250 e. The third kappa shape index (κ3) is 3.40. The lowest BCUT2D eigenvalue weighted by atomic mass is 9.86. The van der Waals surface area contributed by atoms with E-state index in [2.05, 4.69) is 15.5 Å². The quantitative estimate of drug-likeness (QED) is 0.872. The Morgan fingerprint density at radius 2 is 1.63 bits per heavy atom. The maximum Gasteiger partial charge on any atom is 0.250 e. The molecule has 0 saturated carbocycles. The van der Waals surface area contributed by atoms with Crippen molar-refractivity contribution in [1.29, 1.82) is 0 Å². The van der Waals surface area contributed by atoms with Gasteiger partial charge in [-0.3, -0.25) is 9.59 Å². The summed E-state index contributed by atoms with van der Waals surface area (Å²) in [5, 5.41) is 6.21. The third-order valence-corrected chi connectivity index (χ3v) is 5.40. The van der Waals surface area contributed by atoms with Gasteiger partial charge in [-0.2, -0.15) is 0 Å². The first-order chi connectivity index (χ1) is 13.2. The lowest BCUT2D eigenvalue weighted by Crippen LogP contribution is -2.55. The average molecular weight is 364 g/mol. The summed E-state index contributed by atoms with van der Waals surface area (Å²) in [4.78, 5) is 29.7. The Balaban J connectivity index is 1.54. The molecule has 2 aromatic carbocycles. The molecular formula is C21H24N4O2. The van der Waals surface area contributed by atoms with E-state index in [1.165, 1.54) is 0 Å². The van der Waals surface area contributed by atoms with Gasteiger partial charge in [0.15, 0.2) is 0 Å². The molecular weight excluding hydrogens is 340 g/mol. The monoisotopic (exact) mass is 364 g/mol. The Morgan fingerprint density at radius 3 is 2.30 bits per heavy atom. The molecule has 2 aliphatic heterocycles. The van der Waals surface area contributed by atoms with Crippen LogP contribution in [0, 0.1) is 0 Å². The lowest BCUT2D eigenvalue weighted by Gasteiger charge is -2.40. The fraction of sp³-hybridized carbons (Fsp3) is 0.333. The first-order valence-corrected chi connectivity index (χ1v) is 9.37. The predicted molar refractivity (Wildman–Crippen MR) is 105 cm³/mol. The standard InChI is InChI=1S/C21H24N4O2/c26-19(23-17-7-3-1-4-8-17)15-24-16-25(18-9-5-2-6-10-18)21(20(24)27)11-13-22-14-12-21/h1-10,22H,11-16H2,(H,23,26). The first-order valence-electron chi connectivity index (χ1n) is 9.37. The molecule has 0 radical (unpaired) electrons. The molecule has 6 nitrogen and oxygen atoms in total. The van der Waals surface area contributed by atoms with Crippen LogP contribution in [0.1, 0.15) is 12.8 Å². The van der Waals surface area contributed by atoms with Crippen molar-refractivity contribution in [1.82, 2.24) is 10.2 Å². The molecule has 2 fully saturated rings. The Labute approximate surface area is 159 Å². The summed E-state index contributed by atoms with van der Waals surface area (Å²) in [6.45, 7) is 2.11. The van der Waals surface area contributed by atoms with E-state index in [1.807, 2.05) is 60.7 Å². The molecule has 6 heteroatoms. The molecule has 2 aromatic rings. The normalized spacial score (nSPS) is 18.7. The van der Waals surface area contributed by atoms with Crippen molar-refractivity contribution in [2.24, 2.45) is 0 Å². The number of rotatable bonds is 4. The van der Waals surface area contributed by atoms with Crippen LogP contribution < -0.4 is 15.5 Å². The molecule has 2 heterocycles. The highest BCUT2D eigenvalue weighted by Crippen LogP contribution is 2.37. The number of carbonyl (C=O) groups excluding carboxylic acids is 2. The first kappa shape index (κ1) is 17.5. The fourth-order valence-corrected chi connectivity index (χ4v) is 4.06. The minimum Gasteiger partial charge on any atom is -0.339 e. The van der Waals surface area contributed by atoms with Crippen LogP contribution in [0.15, 0.2) is 60.7 Å². The second-order valence-electron chi connectivity index (χ2n) is 7.10. The largest absolute Gasteiger partial charge is 0.339 e. The number of piperidine rings is 1. The van der Waals surface area contributed by atoms with E-state index in [4.69, 9.17) is 0 Å². The molecule has 0 atom stereocenters. The zero-order valence-electron chi connectivity index (χ0n) is 15.2. The second kappa shape index (κ2) is 7.40. The number of para-hydroxylation sites is 2. The molecule has 2 N–H and O–H groups in total. The van der Waals surface area contributed by atoms with Gasteiger partial charge in [0.25, 0.3) is 0 Å². The average Bonchev–Trinajstić information content (AvgIpc) is 2.96. The lowest BCUT2D eigenvalue weighted by molar-refractivity contribution is -0.135. The van der Waals surface area contributed by atoms with Gasteiger partial charge in [-0.15, -0.1) is 0 Å². The number of nitrogens with one attached hydrogen (secondary N) is 2. The maximum absolute atomic E-state index is 13.3. The highest BCUT2D eigenvalue weighted by atomic mass is 16.2. The SMILES string of the molecule is O=C(CN1CN(c2ccccc2)C2(CCNCC2)C1=O)Nc1ccccc1. The molecule has 27 heavy (non-hydrogen) atoms. The van der Waals surface area contributed by atoms with E-state index in [1.54, 1.807) is 4.90 Å². The highest BCUT2D eigenvalue weighted by molar-refractivity contribution is 5.99. The second-order valence-corrected chi connectivity index (χ2v) is 7.10. The van der Waals surface area contributed by atoms with E-state index in [-0.39, 0.29) is 18.4 Å². The van der Waals surface area contributed by atoms with Crippen LogP contribution in [-0.4, -0.2) is 48.6 Å². The molecule has 0 unspecified atom stereocenters. The van der Waals surface area contributed by atoms with Crippen molar-refractivity contribution >= 4 is 23.2 Å². The zero-order valence-corrected chi connectivity index (χ0v) is 15.2. The van der Waals surface area contributed by atoms with Crippen LogP contribution in [-0.2, 0) is 9.59 Å². The summed E-state index contributed by atoms with van der Waals surface area (Å²) >= 11 is 0. The zero-order chi connectivity index (χ0) is 18.7. The summed E-state index contributed by atoms with van der Waals surface area (Å²) in [6, 6.07) is 19.3. The molecule has 2 aliphatic rings. The van der Waals surface area contributed by atoms with Gasteiger partial charge in [-0.05, 0) is 50.2 Å². The van der Waals surface area contributed by atoms with E-state index in [0.29, 0.717) is 6.67 Å². The van der Waals surface area contributed by atoms with Crippen LogP contribution in [0.5, 0.6) is 0 Å². The number of benzene rings is 2. The Kier molecular flexibility index (Phi) is 4.81. The summed E-state index contributed by atoms with van der Waals surface area (Å²) in [6.07, 6.45) is 1.50. The summed E-state index contributed by atoms with van der Waals surface area (Å²) in [5.41, 5.74) is 1.21. The van der Waals surface area contributed by atoms with Gasteiger partial charge in [-0.25, -0.2) is 0 Å². The van der Waals surface area contributed by atoms with Crippen LogP contribution in [0.2, 0.25) is 0 Å². The predicted octanol–water partition coefficient (Wildman–Crippen LogP) is 2.05. The molecule has 1 spiro atoms. The van der Waals surface area contributed by atoms with Crippen molar-refractivity contribution in [2.75, 3.05) is 36.5 Å². The highest BCUT2D eigenvalue weighted by Gasteiger charge is 2.52. The molecule has 2 saturated heterocycles. The maximum atomic E-state index is 13.3. The molecule has 0 aliphatic carbocycles. The van der Waals surface area contributed by atoms with Crippen molar-refractivity contribution in [3.05, 3.63) is 60.7 Å². The number of hydrogen-bond acceptors (Lipinski definition) is 4. The van der Waals surface area contributed by atoms with Gasteiger partial charge >= 0.3 is 0 Å².